The standard InChI is InChI=1S/C23H27N3O2S/c1-17(2)22-24-12-13-26(22)16-19-8-7-11-21(18(19)3)29-15-14-28-23(27)25-20-9-5-4-6-10-20/h4-13,17H,14-16H2,1-3H3,(H,25,27). The first-order valence-corrected chi connectivity index (χ1v) is 10.7. The van der Waals surface area contributed by atoms with Crippen LogP contribution in [0.3, 0.4) is 0 Å². The molecular weight excluding hydrogens is 382 g/mol. The summed E-state index contributed by atoms with van der Waals surface area (Å²) >= 11 is 1.70. The lowest BCUT2D eigenvalue weighted by Crippen LogP contribution is -2.15. The lowest BCUT2D eigenvalue weighted by Gasteiger charge is -2.14. The first kappa shape index (κ1) is 21.0. The first-order chi connectivity index (χ1) is 14.0. The molecule has 3 aromatic rings. The van der Waals surface area contributed by atoms with Crippen molar-refractivity contribution in [2.45, 2.75) is 38.1 Å². The second kappa shape index (κ2) is 10.2. The number of hydrogen-bond acceptors (Lipinski definition) is 4. The van der Waals surface area contributed by atoms with Gasteiger partial charge in [-0.05, 0) is 36.2 Å². The van der Waals surface area contributed by atoms with Crippen molar-refractivity contribution >= 4 is 23.5 Å². The summed E-state index contributed by atoms with van der Waals surface area (Å²) in [5, 5.41) is 2.72. The van der Waals surface area contributed by atoms with E-state index in [1.54, 1.807) is 11.8 Å². The molecule has 0 atom stereocenters. The van der Waals surface area contributed by atoms with Gasteiger partial charge in [-0.3, -0.25) is 5.32 Å². The third-order valence-corrected chi connectivity index (χ3v) is 5.72. The van der Waals surface area contributed by atoms with Gasteiger partial charge < -0.3 is 9.30 Å². The molecule has 5 nitrogen and oxygen atoms in total. The Morgan fingerprint density at radius 3 is 2.72 bits per heavy atom. The number of nitrogens with one attached hydrogen (secondary N) is 1. The van der Waals surface area contributed by atoms with Crippen LogP contribution >= 0.6 is 11.8 Å². The average Bonchev–Trinajstić information content (AvgIpc) is 3.17. The van der Waals surface area contributed by atoms with E-state index >= 15 is 0 Å². The molecule has 0 bridgehead atoms. The minimum Gasteiger partial charge on any atom is -0.448 e. The number of anilines is 1. The van der Waals surface area contributed by atoms with Crippen LogP contribution in [0.1, 0.15) is 36.7 Å². The summed E-state index contributed by atoms with van der Waals surface area (Å²) < 4.78 is 7.49. The number of benzene rings is 2. The Hall–Kier alpha value is -2.73. The summed E-state index contributed by atoms with van der Waals surface area (Å²) in [7, 11) is 0. The van der Waals surface area contributed by atoms with Gasteiger partial charge >= 0.3 is 6.09 Å². The van der Waals surface area contributed by atoms with E-state index in [1.165, 1.54) is 16.0 Å². The number of para-hydroxylation sites is 1. The maximum atomic E-state index is 11.9. The predicted octanol–water partition coefficient (Wildman–Crippen LogP) is 5.70. The number of rotatable bonds is 8. The van der Waals surface area contributed by atoms with Crippen LogP contribution in [0.5, 0.6) is 0 Å². The van der Waals surface area contributed by atoms with E-state index in [2.05, 4.69) is 53.8 Å². The number of aromatic nitrogens is 2. The van der Waals surface area contributed by atoms with Crippen LogP contribution in [0.25, 0.3) is 0 Å². The number of nitrogens with zero attached hydrogens (tertiary/aromatic N) is 2. The number of thioether (sulfide) groups is 1. The van der Waals surface area contributed by atoms with Crippen molar-refractivity contribution in [1.82, 2.24) is 9.55 Å². The summed E-state index contributed by atoms with van der Waals surface area (Å²) in [5.41, 5.74) is 3.27. The normalized spacial score (nSPS) is 10.9. The lowest BCUT2D eigenvalue weighted by molar-refractivity contribution is 0.169. The Balaban J connectivity index is 1.52. The Morgan fingerprint density at radius 2 is 1.97 bits per heavy atom. The van der Waals surface area contributed by atoms with Crippen molar-refractivity contribution in [2.24, 2.45) is 0 Å². The van der Waals surface area contributed by atoms with Gasteiger partial charge in [0.15, 0.2) is 0 Å². The van der Waals surface area contributed by atoms with Crippen LogP contribution in [0.15, 0.2) is 65.8 Å². The van der Waals surface area contributed by atoms with Crippen LogP contribution in [0, 0.1) is 6.92 Å². The van der Waals surface area contributed by atoms with Crippen molar-refractivity contribution in [3.05, 3.63) is 77.9 Å². The zero-order valence-electron chi connectivity index (χ0n) is 17.1. The van der Waals surface area contributed by atoms with Gasteiger partial charge in [0.05, 0.1) is 0 Å². The first-order valence-electron chi connectivity index (χ1n) is 9.75. The average molecular weight is 410 g/mol. The van der Waals surface area contributed by atoms with Crippen molar-refractivity contribution in [3.63, 3.8) is 0 Å². The maximum Gasteiger partial charge on any atom is 0.411 e. The Bertz CT molecular complexity index is 938. The molecule has 3 rings (SSSR count). The molecule has 1 N–H and O–H groups in total. The summed E-state index contributed by atoms with van der Waals surface area (Å²) in [6.07, 6.45) is 3.47. The van der Waals surface area contributed by atoms with Gasteiger partial charge in [-0.25, -0.2) is 9.78 Å². The molecule has 0 spiro atoms. The smallest absolute Gasteiger partial charge is 0.411 e. The van der Waals surface area contributed by atoms with Gasteiger partial charge in [0.1, 0.15) is 12.4 Å². The highest BCUT2D eigenvalue weighted by Crippen LogP contribution is 2.26. The molecule has 152 valence electrons. The number of carbonyl (C=O) groups is 1. The monoisotopic (exact) mass is 409 g/mol. The van der Waals surface area contributed by atoms with E-state index < -0.39 is 6.09 Å². The molecule has 0 unspecified atom stereocenters. The van der Waals surface area contributed by atoms with Gasteiger partial charge in [-0.2, -0.15) is 0 Å². The molecule has 6 heteroatoms. The minimum absolute atomic E-state index is 0.353. The fourth-order valence-corrected chi connectivity index (χ4v) is 4.00. The van der Waals surface area contributed by atoms with Crippen molar-refractivity contribution < 1.29 is 9.53 Å². The number of hydrogen-bond donors (Lipinski definition) is 1. The molecular formula is C23H27N3O2S. The fourth-order valence-electron chi connectivity index (χ4n) is 3.09. The Kier molecular flexibility index (Phi) is 7.36. The topological polar surface area (TPSA) is 56.2 Å². The molecule has 2 aromatic carbocycles. The second-order valence-corrected chi connectivity index (χ2v) is 8.22. The minimum atomic E-state index is -0.427. The Labute approximate surface area is 176 Å². The quantitative estimate of drug-likeness (QED) is 0.383. The number of amides is 1. The van der Waals surface area contributed by atoms with E-state index in [9.17, 15) is 4.79 Å². The molecule has 0 saturated carbocycles. The largest absolute Gasteiger partial charge is 0.448 e. The molecule has 29 heavy (non-hydrogen) atoms. The Morgan fingerprint density at radius 1 is 1.17 bits per heavy atom. The molecule has 0 radical (unpaired) electrons. The molecule has 0 fully saturated rings. The fraction of sp³-hybridized carbons (Fsp3) is 0.304. The predicted molar refractivity (Wildman–Crippen MR) is 119 cm³/mol. The van der Waals surface area contributed by atoms with E-state index in [1.807, 2.05) is 42.7 Å². The second-order valence-electron chi connectivity index (χ2n) is 7.08. The zero-order valence-corrected chi connectivity index (χ0v) is 17.9. The number of ether oxygens (including phenoxy) is 1. The molecule has 1 aromatic heterocycles. The third kappa shape index (κ3) is 5.87. The van der Waals surface area contributed by atoms with Crippen LogP contribution in [-0.4, -0.2) is 28.0 Å². The van der Waals surface area contributed by atoms with Crippen LogP contribution in [0.4, 0.5) is 10.5 Å². The highest BCUT2D eigenvalue weighted by atomic mass is 32.2. The van der Waals surface area contributed by atoms with Crippen LogP contribution < -0.4 is 5.32 Å². The van der Waals surface area contributed by atoms with Gasteiger partial charge in [-0.1, -0.05) is 44.2 Å². The zero-order chi connectivity index (χ0) is 20.6. The van der Waals surface area contributed by atoms with Crippen molar-refractivity contribution in [2.75, 3.05) is 17.7 Å². The van der Waals surface area contributed by atoms with Crippen LogP contribution in [0.2, 0.25) is 0 Å². The molecule has 0 aliphatic heterocycles. The highest BCUT2D eigenvalue weighted by Gasteiger charge is 2.11. The summed E-state index contributed by atoms with van der Waals surface area (Å²) in [4.78, 5) is 17.5. The summed E-state index contributed by atoms with van der Waals surface area (Å²) in [6, 6.07) is 15.7. The van der Waals surface area contributed by atoms with Gasteiger partial charge in [0.25, 0.3) is 0 Å². The SMILES string of the molecule is Cc1c(Cn2ccnc2C(C)C)cccc1SCCOC(=O)Nc1ccccc1. The van der Waals surface area contributed by atoms with Crippen molar-refractivity contribution in [3.8, 4) is 0 Å². The van der Waals surface area contributed by atoms with Crippen molar-refractivity contribution in [1.29, 1.82) is 0 Å². The number of imidazole rings is 1. The van der Waals surface area contributed by atoms with Gasteiger partial charge in [0.2, 0.25) is 0 Å². The molecule has 0 aliphatic carbocycles. The van der Waals surface area contributed by atoms with E-state index in [0.717, 1.165) is 18.1 Å². The molecule has 0 saturated heterocycles. The lowest BCUT2D eigenvalue weighted by atomic mass is 10.1. The highest BCUT2D eigenvalue weighted by molar-refractivity contribution is 7.99. The van der Waals surface area contributed by atoms with Gasteiger partial charge in [-0.15, -0.1) is 11.8 Å². The van der Waals surface area contributed by atoms with E-state index in [-0.39, 0.29) is 0 Å². The third-order valence-electron chi connectivity index (χ3n) is 4.60. The number of carbonyl (C=O) groups excluding carboxylic acids is 1. The molecule has 1 amide bonds. The van der Waals surface area contributed by atoms with Gasteiger partial charge in [0, 0.05) is 41.2 Å². The molecule has 0 aliphatic rings. The maximum absolute atomic E-state index is 11.9. The van der Waals surface area contributed by atoms with E-state index in [0.29, 0.717) is 18.3 Å². The van der Waals surface area contributed by atoms with Crippen LogP contribution in [-0.2, 0) is 11.3 Å². The molecule has 1 heterocycles. The van der Waals surface area contributed by atoms with E-state index in [4.69, 9.17) is 4.74 Å². The summed E-state index contributed by atoms with van der Waals surface area (Å²) in [6.45, 7) is 7.63. The summed E-state index contributed by atoms with van der Waals surface area (Å²) in [5.74, 6) is 2.19.